The molecule has 1 N–H and O–H groups in total. The van der Waals surface area contributed by atoms with Gasteiger partial charge in [-0.2, -0.15) is 0 Å². The molecule has 0 aromatic heterocycles. The number of hydrogen-bond donors (Lipinski definition) is 1. The SMILES string of the molecule is C[C@H]1C(=O)N(CCCN2CCCCC2)CCN1C(=O)Nc1cccc(Cl)c1. The minimum absolute atomic E-state index is 0.0288. The first kappa shape index (κ1) is 20.0. The summed E-state index contributed by atoms with van der Waals surface area (Å²) in [7, 11) is 0. The Labute approximate surface area is 166 Å². The number of benzene rings is 1. The van der Waals surface area contributed by atoms with Crippen LogP contribution < -0.4 is 5.32 Å². The summed E-state index contributed by atoms with van der Waals surface area (Å²) in [5.74, 6) is 0.0288. The molecule has 0 saturated carbocycles. The van der Waals surface area contributed by atoms with E-state index < -0.39 is 6.04 Å². The predicted molar refractivity (Wildman–Crippen MR) is 108 cm³/mol. The zero-order chi connectivity index (χ0) is 19.2. The Balaban J connectivity index is 1.47. The number of halogens is 1. The molecule has 2 saturated heterocycles. The molecule has 3 rings (SSSR count). The third-order valence-electron chi connectivity index (χ3n) is 5.44. The third kappa shape index (κ3) is 5.36. The van der Waals surface area contributed by atoms with Gasteiger partial charge in [0.15, 0.2) is 0 Å². The highest BCUT2D eigenvalue weighted by molar-refractivity contribution is 6.30. The Kier molecular flexibility index (Phi) is 6.96. The fourth-order valence-electron chi connectivity index (χ4n) is 3.86. The normalized spacial score (nSPS) is 21.4. The summed E-state index contributed by atoms with van der Waals surface area (Å²) in [4.78, 5) is 31.2. The number of likely N-dealkylation sites (tertiary alicyclic amines) is 1. The van der Waals surface area contributed by atoms with Crippen molar-refractivity contribution >= 4 is 29.2 Å². The van der Waals surface area contributed by atoms with Crippen LogP contribution in [-0.4, -0.2) is 71.9 Å². The Hall–Kier alpha value is -1.79. The summed E-state index contributed by atoms with van der Waals surface area (Å²) in [6.45, 7) is 7.12. The van der Waals surface area contributed by atoms with Gasteiger partial charge in [0.2, 0.25) is 5.91 Å². The summed E-state index contributed by atoms with van der Waals surface area (Å²) in [5, 5.41) is 3.39. The number of nitrogens with one attached hydrogen (secondary N) is 1. The quantitative estimate of drug-likeness (QED) is 0.836. The fraction of sp³-hybridized carbons (Fsp3) is 0.600. The molecule has 3 amide bonds. The molecule has 0 unspecified atom stereocenters. The van der Waals surface area contributed by atoms with Gasteiger partial charge < -0.3 is 20.0 Å². The van der Waals surface area contributed by atoms with E-state index in [1.165, 1.54) is 32.4 Å². The summed E-state index contributed by atoms with van der Waals surface area (Å²) < 4.78 is 0. The number of rotatable bonds is 5. The summed E-state index contributed by atoms with van der Waals surface area (Å²) in [5.41, 5.74) is 0.635. The second-order valence-electron chi connectivity index (χ2n) is 7.39. The molecule has 148 valence electrons. The molecule has 0 radical (unpaired) electrons. The van der Waals surface area contributed by atoms with E-state index in [0.717, 1.165) is 19.5 Å². The summed E-state index contributed by atoms with van der Waals surface area (Å²) in [6.07, 6.45) is 4.91. The lowest BCUT2D eigenvalue weighted by Crippen LogP contribution is -2.58. The molecule has 2 fully saturated rings. The number of carbonyl (C=O) groups excluding carboxylic acids is 2. The molecule has 1 atom stereocenters. The van der Waals surface area contributed by atoms with Crippen molar-refractivity contribution in [3.63, 3.8) is 0 Å². The third-order valence-corrected chi connectivity index (χ3v) is 5.67. The summed E-state index contributed by atoms with van der Waals surface area (Å²) in [6, 6.07) is 6.31. The van der Waals surface area contributed by atoms with E-state index in [0.29, 0.717) is 23.8 Å². The van der Waals surface area contributed by atoms with Crippen LogP contribution >= 0.6 is 11.6 Å². The van der Waals surface area contributed by atoms with Crippen molar-refractivity contribution in [3.05, 3.63) is 29.3 Å². The van der Waals surface area contributed by atoms with Crippen molar-refractivity contribution in [2.45, 2.75) is 38.6 Å². The molecule has 1 aromatic rings. The minimum Gasteiger partial charge on any atom is -0.339 e. The van der Waals surface area contributed by atoms with Crippen LogP contribution in [0, 0.1) is 0 Å². The molecule has 7 heteroatoms. The second-order valence-corrected chi connectivity index (χ2v) is 7.83. The van der Waals surface area contributed by atoms with Crippen molar-refractivity contribution in [3.8, 4) is 0 Å². The zero-order valence-electron chi connectivity index (χ0n) is 16.0. The van der Waals surface area contributed by atoms with Crippen LogP contribution in [-0.2, 0) is 4.79 Å². The van der Waals surface area contributed by atoms with Gasteiger partial charge in [-0.25, -0.2) is 4.79 Å². The highest BCUT2D eigenvalue weighted by Crippen LogP contribution is 2.18. The van der Waals surface area contributed by atoms with Gasteiger partial charge in [0.1, 0.15) is 6.04 Å². The Morgan fingerprint density at radius 1 is 1.15 bits per heavy atom. The van der Waals surface area contributed by atoms with Crippen LogP contribution in [0.3, 0.4) is 0 Å². The number of carbonyl (C=O) groups is 2. The molecule has 2 heterocycles. The lowest BCUT2D eigenvalue weighted by atomic mass is 10.1. The Morgan fingerprint density at radius 3 is 2.67 bits per heavy atom. The number of anilines is 1. The number of nitrogens with zero attached hydrogens (tertiary/aromatic N) is 3. The maximum absolute atomic E-state index is 12.7. The highest BCUT2D eigenvalue weighted by Gasteiger charge is 2.34. The van der Waals surface area contributed by atoms with E-state index >= 15 is 0 Å². The molecule has 0 bridgehead atoms. The monoisotopic (exact) mass is 392 g/mol. The fourth-order valence-corrected chi connectivity index (χ4v) is 4.05. The van der Waals surface area contributed by atoms with E-state index in [1.54, 1.807) is 36.1 Å². The molecular formula is C20H29ClN4O2. The standard InChI is InChI=1S/C20H29ClN4O2/c1-16-19(26)24(12-6-11-23-9-3-2-4-10-23)13-14-25(16)20(27)22-18-8-5-7-17(21)15-18/h5,7-8,15-16H,2-4,6,9-14H2,1H3,(H,22,27)/t16-/m0/s1. The molecule has 27 heavy (non-hydrogen) atoms. The van der Waals surface area contributed by atoms with Crippen molar-refractivity contribution in [2.75, 3.05) is 44.6 Å². The van der Waals surface area contributed by atoms with Crippen molar-refractivity contribution in [1.29, 1.82) is 0 Å². The molecule has 2 aliphatic rings. The molecule has 6 nitrogen and oxygen atoms in total. The van der Waals surface area contributed by atoms with Gasteiger partial charge >= 0.3 is 6.03 Å². The lowest BCUT2D eigenvalue weighted by Gasteiger charge is -2.39. The topological polar surface area (TPSA) is 55.9 Å². The van der Waals surface area contributed by atoms with Crippen LogP contribution in [0.1, 0.15) is 32.6 Å². The maximum Gasteiger partial charge on any atom is 0.322 e. The average Bonchev–Trinajstić information content (AvgIpc) is 2.66. The number of piperidine rings is 1. The van der Waals surface area contributed by atoms with E-state index in [4.69, 9.17) is 11.6 Å². The van der Waals surface area contributed by atoms with Gasteiger partial charge in [-0.3, -0.25) is 4.79 Å². The van der Waals surface area contributed by atoms with Gasteiger partial charge in [0.25, 0.3) is 0 Å². The second kappa shape index (κ2) is 9.42. The first-order valence-electron chi connectivity index (χ1n) is 9.89. The Morgan fingerprint density at radius 2 is 1.93 bits per heavy atom. The maximum atomic E-state index is 12.7. The van der Waals surface area contributed by atoms with Crippen molar-refractivity contribution in [2.24, 2.45) is 0 Å². The largest absolute Gasteiger partial charge is 0.339 e. The van der Waals surface area contributed by atoms with Gasteiger partial charge in [-0.15, -0.1) is 0 Å². The van der Waals surface area contributed by atoms with Crippen LogP contribution in [0.5, 0.6) is 0 Å². The highest BCUT2D eigenvalue weighted by atomic mass is 35.5. The number of hydrogen-bond acceptors (Lipinski definition) is 3. The van der Waals surface area contributed by atoms with Gasteiger partial charge in [0, 0.05) is 30.3 Å². The van der Waals surface area contributed by atoms with Crippen molar-refractivity contribution in [1.82, 2.24) is 14.7 Å². The zero-order valence-corrected chi connectivity index (χ0v) is 16.7. The number of piperazine rings is 1. The van der Waals surface area contributed by atoms with E-state index in [1.807, 2.05) is 4.90 Å². The van der Waals surface area contributed by atoms with E-state index in [9.17, 15) is 9.59 Å². The van der Waals surface area contributed by atoms with Crippen LogP contribution in [0.25, 0.3) is 0 Å². The van der Waals surface area contributed by atoms with Crippen LogP contribution in [0.4, 0.5) is 10.5 Å². The number of amides is 3. The lowest BCUT2D eigenvalue weighted by molar-refractivity contribution is -0.139. The Bertz CT molecular complexity index is 663. The molecule has 0 aliphatic carbocycles. The van der Waals surface area contributed by atoms with E-state index in [-0.39, 0.29) is 11.9 Å². The first-order valence-corrected chi connectivity index (χ1v) is 10.3. The molecular weight excluding hydrogens is 364 g/mol. The smallest absolute Gasteiger partial charge is 0.322 e. The molecule has 0 spiro atoms. The minimum atomic E-state index is -0.451. The van der Waals surface area contributed by atoms with Gasteiger partial charge in [-0.1, -0.05) is 24.1 Å². The first-order chi connectivity index (χ1) is 13.0. The van der Waals surface area contributed by atoms with Gasteiger partial charge in [-0.05, 0) is 64.0 Å². The van der Waals surface area contributed by atoms with Crippen LogP contribution in [0.2, 0.25) is 5.02 Å². The number of urea groups is 1. The average molecular weight is 393 g/mol. The van der Waals surface area contributed by atoms with Crippen molar-refractivity contribution < 1.29 is 9.59 Å². The molecule has 2 aliphatic heterocycles. The van der Waals surface area contributed by atoms with E-state index in [2.05, 4.69) is 10.2 Å². The van der Waals surface area contributed by atoms with Gasteiger partial charge in [0.05, 0.1) is 0 Å². The predicted octanol–water partition coefficient (Wildman–Crippen LogP) is 3.28. The molecule has 1 aromatic carbocycles. The summed E-state index contributed by atoms with van der Waals surface area (Å²) >= 11 is 5.96. The van der Waals surface area contributed by atoms with Crippen LogP contribution in [0.15, 0.2) is 24.3 Å².